The van der Waals surface area contributed by atoms with Crippen LogP contribution in [0.5, 0.6) is 0 Å². The van der Waals surface area contributed by atoms with Gasteiger partial charge in [0.2, 0.25) is 5.91 Å². The number of carbonyl (C=O) groups is 1. The van der Waals surface area contributed by atoms with Crippen LogP contribution in [0.15, 0.2) is 49.3 Å². The van der Waals surface area contributed by atoms with Crippen molar-refractivity contribution in [2.45, 2.75) is 25.1 Å². The molecule has 25 heavy (non-hydrogen) atoms. The predicted molar refractivity (Wildman–Crippen MR) is 89.2 cm³/mol. The third-order valence-corrected chi connectivity index (χ3v) is 4.08. The van der Waals surface area contributed by atoms with Crippen LogP contribution in [0.1, 0.15) is 29.2 Å². The van der Waals surface area contributed by atoms with Crippen LogP contribution in [0.4, 0.5) is 24.5 Å². The number of aryl methyl sites for hydroxylation is 1. The van der Waals surface area contributed by atoms with E-state index in [2.05, 4.69) is 22.2 Å². The highest BCUT2D eigenvalue weighted by Gasteiger charge is 2.31. The first-order chi connectivity index (χ1) is 11.9. The van der Waals surface area contributed by atoms with Crippen molar-refractivity contribution in [1.29, 1.82) is 0 Å². The van der Waals surface area contributed by atoms with Gasteiger partial charge < -0.3 is 10.6 Å². The maximum atomic E-state index is 12.8. The number of fused-ring (bicyclic) bond motifs is 1. The van der Waals surface area contributed by atoms with Crippen molar-refractivity contribution in [3.05, 3.63) is 66.0 Å². The quantitative estimate of drug-likeness (QED) is 0.810. The van der Waals surface area contributed by atoms with Crippen molar-refractivity contribution in [3.63, 3.8) is 0 Å². The van der Waals surface area contributed by atoms with Gasteiger partial charge >= 0.3 is 6.18 Å². The summed E-state index contributed by atoms with van der Waals surface area (Å²) in [6.07, 6.45) is 0.491. The minimum absolute atomic E-state index is 0.0931. The molecular formula is C18H16F3N3O. The third-order valence-electron chi connectivity index (χ3n) is 4.08. The van der Waals surface area contributed by atoms with Crippen molar-refractivity contribution in [3.8, 4) is 0 Å². The summed E-state index contributed by atoms with van der Waals surface area (Å²) in [5, 5.41) is 5.81. The number of hydrogen-bond acceptors (Lipinski definition) is 3. The number of nitrogens with one attached hydrogen (secondary N) is 2. The molecule has 1 aliphatic carbocycles. The molecule has 2 N–H and O–H groups in total. The number of anilines is 2. The number of alkyl halides is 3. The topological polar surface area (TPSA) is 54.0 Å². The van der Waals surface area contributed by atoms with E-state index in [0.717, 1.165) is 36.2 Å². The molecule has 0 spiro atoms. The summed E-state index contributed by atoms with van der Waals surface area (Å²) in [7, 11) is 0. The van der Waals surface area contributed by atoms with Crippen molar-refractivity contribution >= 4 is 17.3 Å². The van der Waals surface area contributed by atoms with Gasteiger partial charge in [-0.15, -0.1) is 0 Å². The Morgan fingerprint density at radius 3 is 2.76 bits per heavy atom. The SMILES string of the molecule is C=CC(=O)Nc1ccc2c(c1)CCC2Nc1cncc(C(F)(F)F)c1. The van der Waals surface area contributed by atoms with E-state index in [4.69, 9.17) is 0 Å². The van der Waals surface area contributed by atoms with E-state index in [9.17, 15) is 18.0 Å². The Balaban J connectivity index is 1.77. The Morgan fingerprint density at radius 1 is 1.24 bits per heavy atom. The van der Waals surface area contributed by atoms with E-state index >= 15 is 0 Å². The van der Waals surface area contributed by atoms with Crippen molar-refractivity contribution < 1.29 is 18.0 Å². The van der Waals surface area contributed by atoms with Crippen LogP contribution in [0, 0.1) is 0 Å². The highest BCUT2D eigenvalue weighted by Crippen LogP contribution is 2.36. The second kappa shape index (κ2) is 6.58. The highest BCUT2D eigenvalue weighted by molar-refractivity contribution is 5.98. The molecule has 1 aliphatic rings. The van der Waals surface area contributed by atoms with Gasteiger partial charge in [-0.3, -0.25) is 9.78 Å². The van der Waals surface area contributed by atoms with Crippen molar-refractivity contribution in [1.82, 2.24) is 4.98 Å². The van der Waals surface area contributed by atoms with Crippen molar-refractivity contribution in [2.75, 3.05) is 10.6 Å². The maximum absolute atomic E-state index is 12.8. The molecule has 1 aromatic carbocycles. The first kappa shape index (κ1) is 17.0. The van der Waals surface area contributed by atoms with Crippen molar-refractivity contribution in [2.24, 2.45) is 0 Å². The Kier molecular flexibility index (Phi) is 4.48. The molecule has 1 heterocycles. The molecule has 0 radical (unpaired) electrons. The average Bonchev–Trinajstić information content (AvgIpc) is 2.96. The summed E-state index contributed by atoms with van der Waals surface area (Å²) < 4.78 is 38.4. The summed E-state index contributed by atoms with van der Waals surface area (Å²) in [4.78, 5) is 15.0. The van der Waals surface area contributed by atoms with Gasteiger partial charge in [-0.2, -0.15) is 13.2 Å². The molecule has 0 bridgehead atoms. The number of hydrogen-bond donors (Lipinski definition) is 2. The standard InChI is InChI=1S/C18H16F3N3O/c1-2-17(25)24-13-4-5-15-11(7-13)3-6-16(15)23-14-8-12(9-22-10-14)18(19,20)21/h2,4-5,7-10,16,23H,1,3,6H2,(H,24,25). The minimum Gasteiger partial charge on any atom is -0.377 e. The fourth-order valence-electron chi connectivity index (χ4n) is 2.91. The van der Waals surface area contributed by atoms with E-state index in [1.807, 2.05) is 12.1 Å². The molecule has 4 nitrogen and oxygen atoms in total. The van der Waals surface area contributed by atoms with Crippen LogP contribution in [0.3, 0.4) is 0 Å². The molecule has 130 valence electrons. The van der Waals surface area contributed by atoms with Crippen LogP contribution in [0.25, 0.3) is 0 Å². The fourth-order valence-corrected chi connectivity index (χ4v) is 2.91. The summed E-state index contributed by atoms with van der Waals surface area (Å²) in [6.45, 7) is 3.40. The summed E-state index contributed by atoms with van der Waals surface area (Å²) in [6, 6.07) is 6.49. The van der Waals surface area contributed by atoms with Crippen LogP contribution in [-0.2, 0) is 17.4 Å². The Bertz CT molecular complexity index is 817. The molecule has 3 rings (SSSR count). The summed E-state index contributed by atoms with van der Waals surface area (Å²) in [5.41, 5.74) is 2.29. The number of rotatable bonds is 4. The number of benzene rings is 1. The zero-order valence-corrected chi connectivity index (χ0v) is 13.2. The summed E-state index contributed by atoms with van der Waals surface area (Å²) >= 11 is 0. The Labute approximate surface area is 142 Å². The number of amides is 1. The molecule has 1 aromatic heterocycles. The zero-order valence-electron chi connectivity index (χ0n) is 13.2. The largest absolute Gasteiger partial charge is 0.417 e. The van der Waals surface area contributed by atoms with Gasteiger partial charge in [-0.25, -0.2) is 0 Å². The molecule has 2 aromatic rings. The zero-order chi connectivity index (χ0) is 18.0. The molecule has 0 fully saturated rings. The van der Waals surface area contributed by atoms with Gasteiger partial charge in [0, 0.05) is 18.1 Å². The number of carbonyl (C=O) groups excluding carboxylic acids is 1. The molecule has 0 saturated heterocycles. The molecule has 0 aliphatic heterocycles. The van der Waals surface area contributed by atoms with Crippen LogP contribution in [0.2, 0.25) is 0 Å². The van der Waals surface area contributed by atoms with Crippen LogP contribution in [-0.4, -0.2) is 10.9 Å². The van der Waals surface area contributed by atoms with Gasteiger partial charge in [-0.1, -0.05) is 12.6 Å². The Morgan fingerprint density at radius 2 is 2.04 bits per heavy atom. The molecule has 1 amide bonds. The van der Waals surface area contributed by atoms with Gasteiger partial charge in [0.05, 0.1) is 17.3 Å². The van der Waals surface area contributed by atoms with Crippen LogP contribution >= 0.6 is 0 Å². The summed E-state index contributed by atoms with van der Waals surface area (Å²) in [5.74, 6) is -0.289. The normalized spacial score (nSPS) is 16.2. The second-order valence-electron chi connectivity index (χ2n) is 5.80. The molecule has 7 heteroatoms. The minimum atomic E-state index is -4.42. The maximum Gasteiger partial charge on any atom is 0.417 e. The smallest absolute Gasteiger partial charge is 0.377 e. The highest BCUT2D eigenvalue weighted by atomic mass is 19.4. The van der Waals surface area contributed by atoms with Gasteiger partial charge in [0.15, 0.2) is 0 Å². The lowest BCUT2D eigenvalue weighted by atomic mass is 10.1. The Hall–Kier alpha value is -2.83. The molecular weight excluding hydrogens is 331 g/mol. The lowest BCUT2D eigenvalue weighted by Crippen LogP contribution is -2.11. The predicted octanol–water partition coefficient (Wildman–Crippen LogP) is 4.32. The molecule has 1 unspecified atom stereocenters. The van der Waals surface area contributed by atoms with E-state index < -0.39 is 11.7 Å². The number of nitrogens with zero attached hydrogens (tertiary/aromatic N) is 1. The first-order valence-electron chi connectivity index (χ1n) is 7.72. The average molecular weight is 347 g/mol. The lowest BCUT2D eigenvalue weighted by molar-refractivity contribution is -0.137. The molecule has 0 saturated carbocycles. The molecule has 1 atom stereocenters. The van der Waals surface area contributed by atoms with Gasteiger partial charge in [-0.05, 0) is 48.2 Å². The van der Waals surface area contributed by atoms with E-state index in [-0.39, 0.29) is 11.9 Å². The first-order valence-corrected chi connectivity index (χ1v) is 7.72. The third kappa shape index (κ3) is 3.81. The fraction of sp³-hybridized carbons (Fsp3) is 0.222. The van der Waals surface area contributed by atoms with E-state index in [1.54, 1.807) is 6.07 Å². The number of halogens is 3. The van der Waals surface area contributed by atoms with E-state index in [0.29, 0.717) is 11.4 Å². The second-order valence-corrected chi connectivity index (χ2v) is 5.80. The van der Waals surface area contributed by atoms with E-state index in [1.165, 1.54) is 12.3 Å². The number of pyridine rings is 1. The number of aromatic nitrogens is 1. The lowest BCUT2D eigenvalue weighted by Gasteiger charge is -2.17. The van der Waals surface area contributed by atoms with Gasteiger partial charge in [0.25, 0.3) is 0 Å². The monoisotopic (exact) mass is 347 g/mol. The van der Waals surface area contributed by atoms with Crippen LogP contribution < -0.4 is 10.6 Å². The van der Waals surface area contributed by atoms with Gasteiger partial charge in [0.1, 0.15) is 0 Å².